The van der Waals surface area contributed by atoms with E-state index < -0.39 is 0 Å². The molecule has 0 fully saturated rings. The zero-order chi connectivity index (χ0) is 8.43. The van der Waals surface area contributed by atoms with E-state index in [1.807, 2.05) is 20.9 Å². The Labute approximate surface area is 75.0 Å². The molecule has 0 aromatic heterocycles. The molecule has 0 saturated carbocycles. The van der Waals surface area contributed by atoms with Gasteiger partial charge in [0.1, 0.15) is 0 Å². The minimum absolute atomic E-state index is 0. The first kappa shape index (κ1) is 11.4. The summed E-state index contributed by atoms with van der Waals surface area (Å²) in [4.78, 5) is 11.3. The molecule has 0 aromatic rings. The van der Waals surface area contributed by atoms with Crippen molar-refractivity contribution in [1.82, 2.24) is 5.32 Å². The monoisotopic (exact) mass is 169 g/mol. The summed E-state index contributed by atoms with van der Waals surface area (Å²) in [6.45, 7) is 3.96. The fraction of sp³-hybridized carbons (Fsp3) is 0.700. The van der Waals surface area contributed by atoms with Gasteiger partial charge in [-0.2, -0.15) is 0 Å². The van der Waals surface area contributed by atoms with Gasteiger partial charge in [0, 0.05) is 12.5 Å². The van der Waals surface area contributed by atoms with Crippen molar-refractivity contribution in [2.45, 2.75) is 40.2 Å². The van der Waals surface area contributed by atoms with E-state index in [-0.39, 0.29) is 7.43 Å². The van der Waals surface area contributed by atoms with Crippen molar-refractivity contribution >= 4 is 5.78 Å². The van der Waals surface area contributed by atoms with Crippen LogP contribution >= 0.6 is 0 Å². The minimum atomic E-state index is 0. The molecule has 2 heteroatoms. The summed E-state index contributed by atoms with van der Waals surface area (Å²) in [7, 11) is 1.91. The summed E-state index contributed by atoms with van der Waals surface area (Å²) in [5, 5.41) is 3.13. The molecule has 0 bridgehead atoms. The van der Waals surface area contributed by atoms with Crippen molar-refractivity contribution < 1.29 is 4.79 Å². The predicted octanol–water partition coefficient (Wildman–Crippen LogP) is 1.91. The van der Waals surface area contributed by atoms with Crippen LogP contribution in [-0.2, 0) is 4.79 Å². The van der Waals surface area contributed by atoms with E-state index in [1.165, 1.54) is 5.57 Å². The van der Waals surface area contributed by atoms with Crippen LogP contribution in [0.4, 0.5) is 0 Å². The number of hydrogen-bond acceptors (Lipinski definition) is 2. The van der Waals surface area contributed by atoms with Gasteiger partial charge in [0.2, 0.25) is 0 Å². The lowest BCUT2D eigenvalue weighted by molar-refractivity contribution is -0.116. The second-order valence-electron chi connectivity index (χ2n) is 3.22. The van der Waals surface area contributed by atoms with Crippen LogP contribution in [0.15, 0.2) is 11.1 Å². The second-order valence-corrected chi connectivity index (χ2v) is 3.22. The summed E-state index contributed by atoms with van der Waals surface area (Å²) in [6, 6.07) is 0.367. The average molecular weight is 169 g/mol. The molecule has 0 aromatic carbocycles. The Balaban J connectivity index is 0.00000121. The van der Waals surface area contributed by atoms with Crippen molar-refractivity contribution in [3.8, 4) is 0 Å². The quantitative estimate of drug-likeness (QED) is 0.649. The van der Waals surface area contributed by atoms with E-state index in [9.17, 15) is 4.79 Å². The van der Waals surface area contributed by atoms with Gasteiger partial charge < -0.3 is 5.32 Å². The van der Waals surface area contributed by atoms with Crippen LogP contribution in [0.1, 0.15) is 34.1 Å². The van der Waals surface area contributed by atoms with Gasteiger partial charge in [-0.3, -0.25) is 4.79 Å². The number of ketones is 1. The first-order chi connectivity index (χ1) is 5.15. The van der Waals surface area contributed by atoms with E-state index in [1.54, 1.807) is 0 Å². The van der Waals surface area contributed by atoms with Gasteiger partial charge >= 0.3 is 0 Å². The lowest BCUT2D eigenvalue weighted by atomic mass is 9.89. The summed E-state index contributed by atoms with van der Waals surface area (Å²) in [6.07, 6.45) is 1.69. The third-order valence-electron chi connectivity index (χ3n) is 2.45. The number of Topliss-reactive ketones (excluding diaryl/α,β-unsaturated/α-hetero) is 1. The van der Waals surface area contributed by atoms with E-state index in [4.69, 9.17) is 0 Å². The third-order valence-corrected chi connectivity index (χ3v) is 2.45. The molecule has 0 amide bonds. The number of allylic oxidation sites excluding steroid dienone is 1. The molecular formula is C10H19NO. The van der Waals surface area contributed by atoms with Crippen molar-refractivity contribution in [2.24, 2.45) is 0 Å². The van der Waals surface area contributed by atoms with Crippen LogP contribution in [-0.4, -0.2) is 18.9 Å². The van der Waals surface area contributed by atoms with E-state index >= 15 is 0 Å². The molecule has 12 heavy (non-hydrogen) atoms. The van der Waals surface area contributed by atoms with Crippen LogP contribution in [0.2, 0.25) is 0 Å². The Bertz CT molecular complexity index is 206. The highest BCUT2D eigenvalue weighted by Crippen LogP contribution is 2.20. The molecule has 70 valence electrons. The molecular weight excluding hydrogens is 150 g/mol. The van der Waals surface area contributed by atoms with Crippen LogP contribution in [0, 0.1) is 0 Å². The maximum atomic E-state index is 11.3. The van der Waals surface area contributed by atoms with Gasteiger partial charge in [-0.15, -0.1) is 0 Å². The van der Waals surface area contributed by atoms with Crippen molar-refractivity contribution in [1.29, 1.82) is 0 Å². The van der Waals surface area contributed by atoms with Gasteiger partial charge in [-0.05, 0) is 32.9 Å². The highest BCUT2D eigenvalue weighted by molar-refractivity contribution is 5.96. The van der Waals surface area contributed by atoms with Crippen LogP contribution in [0.25, 0.3) is 0 Å². The van der Waals surface area contributed by atoms with Crippen molar-refractivity contribution in [3.63, 3.8) is 0 Å². The van der Waals surface area contributed by atoms with Gasteiger partial charge in [0.15, 0.2) is 5.78 Å². The Kier molecular flexibility index (Phi) is 4.18. The molecule has 1 unspecified atom stereocenters. The molecule has 1 aliphatic rings. The van der Waals surface area contributed by atoms with Gasteiger partial charge in [0.05, 0.1) is 0 Å². The number of nitrogens with one attached hydrogen (secondary N) is 1. The molecule has 0 spiro atoms. The lowest BCUT2D eigenvalue weighted by Gasteiger charge is -2.22. The third kappa shape index (κ3) is 2.18. The Morgan fingerprint density at radius 2 is 1.92 bits per heavy atom. The highest BCUT2D eigenvalue weighted by atomic mass is 16.1. The highest BCUT2D eigenvalue weighted by Gasteiger charge is 2.20. The zero-order valence-electron chi connectivity index (χ0n) is 7.40. The maximum absolute atomic E-state index is 11.3. The minimum Gasteiger partial charge on any atom is -0.316 e. The van der Waals surface area contributed by atoms with Crippen LogP contribution in [0.3, 0.4) is 0 Å². The first-order valence-electron chi connectivity index (χ1n) is 4.02. The summed E-state index contributed by atoms with van der Waals surface area (Å²) >= 11 is 0. The van der Waals surface area contributed by atoms with Gasteiger partial charge in [0.25, 0.3) is 0 Å². The van der Waals surface area contributed by atoms with Crippen LogP contribution in [0.5, 0.6) is 0 Å². The Morgan fingerprint density at radius 3 is 2.33 bits per heavy atom. The SMILES string of the molecule is C.CNC1CC(=O)C(C)=C(C)C1. The average Bonchev–Trinajstić information content (AvgIpc) is 1.99. The fourth-order valence-electron chi connectivity index (χ4n) is 1.41. The number of carbonyl (C=O) groups excluding carboxylic acids is 1. The normalized spacial score (nSPS) is 23.9. The van der Waals surface area contributed by atoms with Gasteiger partial charge in [-0.25, -0.2) is 0 Å². The first-order valence-corrected chi connectivity index (χ1v) is 4.02. The largest absolute Gasteiger partial charge is 0.316 e. The molecule has 1 atom stereocenters. The summed E-state index contributed by atoms with van der Waals surface area (Å²) < 4.78 is 0. The molecule has 2 nitrogen and oxygen atoms in total. The van der Waals surface area contributed by atoms with E-state index in [0.717, 1.165) is 12.0 Å². The molecule has 1 N–H and O–H groups in total. The smallest absolute Gasteiger partial charge is 0.160 e. The van der Waals surface area contributed by atoms with E-state index in [0.29, 0.717) is 18.2 Å². The summed E-state index contributed by atoms with van der Waals surface area (Å²) in [5.41, 5.74) is 2.21. The Hall–Kier alpha value is -0.630. The molecule has 1 aliphatic carbocycles. The molecule has 0 radical (unpaired) electrons. The lowest BCUT2D eigenvalue weighted by Crippen LogP contribution is -2.32. The molecule has 1 rings (SSSR count). The standard InChI is InChI=1S/C9H15NO.CH4/c1-6-4-8(10-3)5-9(11)7(6)2;/h8,10H,4-5H2,1-3H3;1H4. The van der Waals surface area contributed by atoms with Gasteiger partial charge in [-0.1, -0.05) is 13.0 Å². The maximum Gasteiger partial charge on any atom is 0.160 e. The zero-order valence-corrected chi connectivity index (χ0v) is 7.40. The summed E-state index contributed by atoms with van der Waals surface area (Å²) in [5.74, 6) is 0.299. The van der Waals surface area contributed by atoms with Crippen molar-refractivity contribution in [3.05, 3.63) is 11.1 Å². The topological polar surface area (TPSA) is 29.1 Å². The predicted molar refractivity (Wildman–Crippen MR) is 52.2 cm³/mol. The number of rotatable bonds is 1. The Morgan fingerprint density at radius 1 is 1.33 bits per heavy atom. The number of hydrogen-bond donors (Lipinski definition) is 1. The van der Waals surface area contributed by atoms with E-state index in [2.05, 4.69) is 5.32 Å². The molecule has 0 aliphatic heterocycles. The second kappa shape index (κ2) is 4.41. The van der Waals surface area contributed by atoms with Crippen LogP contribution < -0.4 is 5.32 Å². The number of carbonyl (C=O) groups is 1. The van der Waals surface area contributed by atoms with Crippen molar-refractivity contribution in [2.75, 3.05) is 7.05 Å². The molecule has 0 saturated heterocycles. The molecule has 0 heterocycles. The fourth-order valence-corrected chi connectivity index (χ4v) is 1.41.